The molecule has 0 N–H and O–H groups in total. The Balaban J connectivity index is 1.99. The van der Waals surface area contributed by atoms with Gasteiger partial charge in [-0.2, -0.15) is 0 Å². The standard InChI is InChI=1S/C16H18N2O2/c1-17(2)10-13-15(19)9-14-12-6-4-3-5-11(12)7-8-18(14)16(13)20/h3-6,10,14H,7-9H2,1-2H3/b13-10+/t14-/m1/s1. The van der Waals surface area contributed by atoms with Crippen molar-refractivity contribution in [3.05, 3.63) is 47.2 Å². The van der Waals surface area contributed by atoms with E-state index < -0.39 is 0 Å². The average molecular weight is 270 g/mol. The minimum absolute atomic E-state index is 0.0540. The Bertz CT molecular complexity index is 604. The minimum atomic E-state index is -0.130. The zero-order valence-corrected chi connectivity index (χ0v) is 11.8. The number of rotatable bonds is 1. The molecule has 0 spiro atoms. The summed E-state index contributed by atoms with van der Waals surface area (Å²) in [6.07, 6.45) is 2.89. The van der Waals surface area contributed by atoms with Gasteiger partial charge in [0, 0.05) is 33.3 Å². The first-order valence-corrected chi connectivity index (χ1v) is 6.88. The van der Waals surface area contributed by atoms with Crippen LogP contribution < -0.4 is 0 Å². The van der Waals surface area contributed by atoms with Crippen molar-refractivity contribution in [1.82, 2.24) is 9.80 Å². The molecule has 2 aliphatic rings. The zero-order valence-electron chi connectivity index (χ0n) is 11.8. The Morgan fingerprint density at radius 1 is 1.25 bits per heavy atom. The number of carbonyl (C=O) groups is 2. The molecule has 2 heterocycles. The number of piperidine rings is 1. The predicted molar refractivity (Wildman–Crippen MR) is 76.0 cm³/mol. The van der Waals surface area contributed by atoms with Gasteiger partial charge in [-0.15, -0.1) is 0 Å². The van der Waals surface area contributed by atoms with Crippen molar-refractivity contribution in [2.24, 2.45) is 0 Å². The van der Waals surface area contributed by atoms with Crippen LogP contribution in [0.15, 0.2) is 36.0 Å². The molecule has 4 nitrogen and oxygen atoms in total. The van der Waals surface area contributed by atoms with Gasteiger partial charge in [0.15, 0.2) is 5.78 Å². The van der Waals surface area contributed by atoms with E-state index in [2.05, 4.69) is 6.07 Å². The summed E-state index contributed by atoms with van der Waals surface area (Å²) < 4.78 is 0. The quantitative estimate of drug-likeness (QED) is 0.574. The minimum Gasteiger partial charge on any atom is -0.383 e. The lowest BCUT2D eigenvalue weighted by Gasteiger charge is -2.40. The summed E-state index contributed by atoms with van der Waals surface area (Å²) in [5.41, 5.74) is 2.70. The maximum absolute atomic E-state index is 12.5. The fourth-order valence-corrected chi connectivity index (χ4v) is 3.06. The summed E-state index contributed by atoms with van der Waals surface area (Å²) in [6.45, 7) is 0.693. The second-order valence-corrected chi connectivity index (χ2v) is 5.60. The fraction of sp³-hybridized carbons (Fsp3) is 0.375. The third kappa shape index (κ3) is 2.01. The molecule has 1 amide bonds. The van der Waals surface area contributed by atoms with Crippen molar-refractivity contribution >= 4 is 11.7 Å². The van der Waals surface area contributed by atoms with Crippen LogP contribution in [0.2, 0.25) is 0 Å². The van der Waals surface area contributed by atoms with Gasteiger partial charge in [0.25, 0.3) is 5.91 Å². The Morgan fingerprint density at radius 3 is 2.75 bits per heavy atom. The number of benzene rings is 1. The Hall–Kier alpha value is -2.10. The molecule has 1 fully saturated rings. The first kappa shape index (κ1) is 12.9. The second-order valence-electron chi connectivity index (χ2n) is 5.60. The average Bonchev–Trinajstić information content (AvgIpc) is 2.43. The highest BCUT2D eigenvalue weighted by Crippen LogP contribution is 2.37. The third-order valence-electron chi connectivity index (χ3n) is 3.97. The van der Waals surface area contributed by atoms with E-state index in [9.17, 15) is 9.59 Å². The van der Waals surface area contributed by atoms with Gasteiger partial charge in [0.1, 0.15) is 0 Å². The molecule has 20 heavy (non-hydrogen) atoms. The Labute approximate surface area is 118 Å². The van der Waals surface area contributed by atoms with Gasteiger partial charge in [-0.3, -0.25) is 9.59 Å². The molecule has 1 atom stereocenters. The number of carbonyl (C=O) groups excluding carboxylic acids is 2. The van der Waals surface area contributed by atoms with Crippen LogP contribution in [-0.4, -0.2) is 42.1 Å². The SMILES string of the molecule is CN(C)/C=C1\C(=O)C[C@@H]2c3ccccc3CCN2C1=O. The topological polar surface area (TPSA) is 40.6 Å². The van der Waals surface area contributed by atoms with Gasteiger partial charge in [0.05, 0.1) is 11.6 Å². The molecular weight excluding hydrogens is 252 g/mol. The van der Waals surface area contributed by atoms with Gasteiger partial charge in [-0.05, 0) is 17.5 Å². The van der Waals surface area contributed by atoms with E-state index in [-0.39, 0.29) is 17.7 Å². The number of amides is 1. The summed E-state index contributed by atoms with van der Waals surface area (Å²) in [7, 11) is 3.65. The molecule has 1 aromatic carbocycles. The lowest BCUT2D eigenvalue weighted by molar-refractivity contribution is -0.137. The van der Waals surface area contributed by atoms with Crippen LogP contribution in [0, 0.1) is 0 Å². The lowest BCUT2D eigenvalue weighted by atomic mass is 9.85. The van der Waals surface area contributed by atoms with E-state index in [0.29, 0.717) is 18.5 Å². The molecule has 0 radical (unpaired) electrons. The van der Waals surface area contributed by atoms with Crippen LogP contribution in [0.4, 0.5) is 0 Å². The van der Waals surface area contributed by atoms with Crippen molar-refractivity contribution in [3.8, 4) is 0 Å². The molecule has 1 aromatic rings. The first-order chi connectivity index (χ1) is 9.58. The number of fused-ring (bicyclic) bond motifs is 3. The van der Waals surface area contributed by atoms with Crippen molar-refractivity contribution < 1.29 is 9.59 Å². The number of hydrogen-bond donors (Lipinski definition) is 0. The molecule has 0 aliphatic carbocycles. The maximum Gasteiger partial charge on any atom is 0.259 e. The summed E-state index contributed by atoms with van der Waals surface area (Å²) in [6, 6.07) is 8.03. The van der Waals surface area contributed by atoms with Crippen LogP contribution >= 0.6 is 0 Å². The molecular formula is C16H18N2O2. The number of ketones is 1. The zero-order chi connectivity index (χ0) is 14.3. The van der Waals surface area contributed by atoms with Crippen molar-refractivity contribution in [2.75, 3.05) is 20.6 Å². The summed E-state index contributed by atoms with van der Waals surface area (Å²) >= 11 is 0. The lowest BCUT2D eigenvalue weighted by Crippen LogP contribution is -2.47. The molecule has 0 saturated carbocycles. The fourth-order valence-electron chi connectivity index (χ4n) is 3.06. The van der Waals surface area contributed by atoms with E-state index in [1.807, 2.05) is 37.2 Å². The van der Waals surface area contributed by atoms with E-state index >= 15 is 0 Å². The smallest absolute Gasteiger partial charge is 0.259 e. The van der Waals surface area contributed by atoms with Gasteiger partial charge in [0.2, 0.25) is 0 Å². The third-order valence-corrected chi connectivity index (χ3v) is 3.97. The van der Waals surface area contributed by atoms with Crippen LogP contribution in [0.5, 0.6) is 0 Å². The van der Waals surface area contributed by atoms with E-state index in [1.165, 1.54) is 5.56 Å². The van der Waals surface area contributed by atoms with Crippen molar-refractivity contribution in [2.45, 2.75) is 18.9 Å². The molecule has 4 heteroatoms. The predicted octanol–water partition coefficient (Wildman–Crippen LogP) is 1.53. The molecule has 104 valence electrons. The van der Waals surface area contributed by atoms with Gasteiger partial charge in [-0.1, -0.05) is 24.3 Å². The van der Waals surface area contributed by atoms with Crippen molar-refractivity contribution in [3.63, 3.8) is 0 Å². The highest BCUT2D eigenvalue weighted by Gasteiger charge is 2.40. The largest absolute Gasteiger partial charge is 0.383 e. The maximum atomic E-state index is 12.5. The number of Topliss-reactive ketones (excluding diaryl/α,β-unsaturated/α-hetero) is 1. The monoisotopic (exact) mass is 270 g/mol. The van der Waals surface area contributed by atoms with E-state index in [0.717, 1.165) is 12.0 Å². The van der Waals surface area contributed by atoms with E-state index in [1.54, 1.807) is 11.1 Å². The highest BCUT2D eigenvalue weighted by molar-refractivity contribution is 6.21. The van der Waals surface area contributed by atoms with Crippen LogP contribution in [-0.2, 0) is 16.0 Å². The normalized spacial score (nSPS) is 23.6. The summed E-state index contributed by atoms with van der Waals surface area (Å²) in [5.74, 6) is -0.184. The number of hydrogen-bond acceptors (Lipinski definition) is 3. The molecule has 0 unspecified atom stereocenters. The molecule has 2 aliphatic heterocycles. The van der Waals surface area contributed by atoms with Gasteiger partial charge in [-0.25, -0.2) is 0 Å². The van der Waals surface area contributed by atoms with Crippen LogP contribution in [0.25, 0.3) is 0 Å². The number of nitrogens with zero attached hydrogens (tertiary/aromatic N) is 2. The van der Waals surface area contributed by atoms with Crippen molar-refractivity contribution in [1.29, 1.82) is 0 Å². The molecule has 3 rings (SSSR count). The summed E-state index contributed by atoms with van der Waals surface area (Å²) in [4.78, 5) is 28.4. The Morgan fingerprint density at radius 2 is 2.00 bits per heavy atom. The Kier molecular flexibility index (Phi) is 3.08. The molecule has 1 saturated heterocycles. The molecule has 0 aromatic heterocycles. The first-order valence-electron chi connectivity index (χ1n) is 6.88. The van der Waals surface area contributed by atoms with Gasteiger partial charge < -0.3 is 9.80 Å². The van der Waals surface area contributed by atoms with Crippen LogP contribution in [0.3, 0.4) is 0 Å². The second kappa shape index (κ2) is 4.78. The van der Waals surface area contributed by atoms with Crippen LogP contribution in [0.1, 0.15) is 23.6 Å². The molecule has 0 bridgehead atoms. The summed E-state index contributed by atoms with van der Waals surface area (Å²) in [5, 5.41) is 0. The van der Waals surface area contributed by atoms with E-state index in [4.69, 9.17) is 0 Å². The highest BCUT2D eigenvalue weighted by atomic mass is 16.2. The van der Waals surface area contributed by atoms with Gasteiger partial charge >= 0.3 is 0 Å².